The topological polar surface area (TPSA) is 38.0 Å². The summed E-state index contributed by atoms with van der Waals surface area (Å²) in [6, 6.07) is 6.69. The number of nitrogens with one attached hydrogen (secondary N) is 1. The smallest absolute Gasteiger partial charge is 0.0393 e. The Balaban J connectivity index is 0.000000682. The Morgan fingerprint density at radius 1 is 0.884 bits per heavy atom. The number of anilines is 2. The highest BCUT2D eigenvalue weighted by molar-refractivity contribution is 5.62. The number of hydrogen-bond donors (Lipinski definition) is 2. The van der Waals surface area contributed by atoms with Gasteiger partial charge in [0.15, 0.2) is 0 Å². The quantitative estimate of drug-likeness (QED) is 0.296. The van der Waals surface area contributed by atoms with Crippen LogP contribution in [0.4, 0.5) is 11.4 Å². The zero-order valence-electron chi connectivity index (χ0n) is 30.1. The first-order chi connectivity index (χ1) is 20.3. The van der Waals surface area contributed by atoms with Crippen LogP contribution in [0, 0.1) is 69.5 Å². The van der Waals surface area contributed by atoms with Crippen molar-refractivity contribution in [2.24, 2.45) is 69.5 Å². The molecule has 5 aliphatic rings. The molecule has 2 bridgehead atoms. The number of fused-ring (bicyclic) bond motifs is 5. The fourth-order valence-electron chi connectivity index (χ4n) is 12.5. The monoisotopic (exact) mass is 591 g/mol. The standard InChI is InChI=1S/C36H58N2.C5H12/c1-22(2)9-8-10-23(3)28-14-15-29-26-13-16-32-35(6)30(33(35)27-12-11-25(37)21-31(27)38-7)17-18-36(32,24(26)4)20-19-34(28,29)5;1-4-5(2)3/h11-12,21-24,26,28-30,32-33,38H,8-10,13-20,37H2,1-7H3;5H,4H2,1-3H3. The first-order valence-corrected chi connectivity index (χ1v) is 18.9. The Hall–Kier alpha value is -1.18. The van der Waals surface area contributed by atoms with Gasteiger partial charge in [0, 0.05) is 18.4 Å². The fraction of sp³-hybridized carbons (Fsp3) is 0.854. The van der Waals surface area contributed by atoms with E-state index in [0.29, 0.717) is 22.2 Å². The molecule has 5 saturated carbocycles. The third-order valence-corrected chi connectivity index (χ3v) is 15.2. The third kappa shape index (κ3) is 5.60. The van der Waals surface area contributed by atoms with Gasteiger partial charge in [-0.3, -0.25) is 0 Å². The molecule has 0 saturated heterocycles. The lowest BCUT2D eigenvalue weighted by Crippen LogP contribution is -2.50. The zero-order valence-corrected chi connectivity index (χ0v) is 30.1. The first kappa shape index (κ1) is 33.2. The van der Waals surface area contributed by atoms with Crippen molar-refractivity contribution >= 4 is 11.4 Å². The van der Waals surface area contributed by atoms with Gasteiger partial charge < -0.3 is 11.1 Å². The van der Waals surface area contributed by atoms with E-state index in [0.717, 1.165) is 58.9 Å². The van der Waals surface area contributed by atoms with Gasteiger partial charge in [-0.15, -0.1) is 0 Å². The molecule has 2 heteroatoms. The van der Waals surface area contributed by atoms with E-state index in [1.807, 2.05) is 0 Å². The van der Waals surface area contributed by atoms with Gasteiger partial charge in [-0.25, -0.2) is 0 Å². The summed E-state index contributed by atoms with van der Waals surface area (Å²) in [6.07, 6.45) is 17.6. The molecule has 6 rings (SSSR count). The van der Waals surface area contributed by atoms with Crippen molar-refractivity contribution in [2.45, 2.75) is 145 Å². The zero-order chi connectivity index (χ0) is 31.3. The van der Waals surface area contributed by atoms with Crippen LogP contribution in [0.15, 0.2) is 18.2 Å². The fourth-order valence-corrected chi connectivity index (χ4v) is 12.5. The van der Waals surface area contributed by atoms with E-state index in [4.69, 9.17) is 5.73 Å². The SMILES string of the molecule is CCC(C)C.CNc1cc(N)ccc1C1C2CCC34CCC5(C)C(C(C)CCCC(C)C)CCC5C(CCC3C21C)C4C. The molecule has 1 spiro atoms. The molecule has 3 N–H and O–H groups in total. The van der Waals surface area contributed by atoms with Crippen molar-refractivity contribution in [3.05, 3.63) is 23.8 Å². The highest BCUT2D eigenvalue weighted by Crippen LogP contribution is 2.82. The highest BCUT2D eigenvalue weighted by atomic mass is 14.9. The van der Waals surface area contributed by atoms with Crippen molar-refractivity contribution in [3.8, 4) is 0 Å². The molecule has 0 amide bonds. The maximum absolute atomic E-state index is 6.20. The summed E-state index contributed by atoms with van der Waals surface area (Å²) in [5.74, 6) is 8.91. The lowest BCUT2D eigenvalue weighted by Gasteiger charge is -2.57. The molecule has 2 nitrogen and oxygen atoms in total. The molecule has 244 valence electrons. The van der Waals surface area contributed by atoms with Crippen LogP contribution in [0.5, 0.6) is 0 Å². The maximum atomic E-state index is 6.20. The Labute approximate surface area is 267 Å². The van der Waals surface area contributed by atoms with E-state index < -0.39 is 0 Å². The summed E-state index contributed by atoms with van der Waals surface area (Å²) in [7, 11) is 2.08. The van der Waals surface area contributed by atoms with Gasteiger partial charge in [0.05, 0.1) is 0 Å². The molecule has 5 fully saturated rings. The van der Waals surface area contributed by atoms with Gasteiger partial charge in [-0.2, -0.15) is 0 Å². The number of rotatable bonds is 8. The molecule has 5 aliphatic carbocycles. The van der Waals surface area contributed by atoms with Gasteiger partial charge in [0.2, 0.25) is 0 Å². The van der Waals surface area contributed by atoms with E-state index in [2.05, 4.69) is 92.9 Å². The second-order valence-corrected chi connectivity index (χ2v) is 17.8. The van der Waals surface area contributed by atoms with Crippen molar-refractivity contribution in [1.29, 1.82) is 0 Å². The van der Waals surface area contributed by atoms with Crippen molar-refractivity contribution in [1.82, 2.24) is 0 Å². The molecular weight excluding hydrogens is 520 g/mol. The molecule has 1 aromatic rings. The minimum absolute atomic E-state index is 0.475. The molecule has 0 radical (unpaired) electrons. The summed E-state index contributed by atoms with van der Waals surface area (Å²) < 4.78 is 0. The Kier molecular flexibility index (Phi) is 9.69. The summed E-state index contributed by atoms with van der Waals surface area (Å²) in [4.78, 5) is 0. The highest BCUT2D eigenvalue weighted by Gasteiger charge is 2.74. The van der Waals surface area contributed by atoms with Gasteiger partial charge in [-0.05, 0) is 144 Å². The average Bonchev–Trinajstić information content (AvgIpc) is 3.45. The van der Waals surface area contributed by atoms with Crippen LogP contribution < -0.4 is 11.1 Å². The Morgan fingerprint density at radius 3 is 2.26 bits per heavy atom. The number of hydrogen-bond acceptors (Lipinski definition) is 2. The van der Waals surface area contributed by atoms with Crippen LogP contribution in [0.1, 0.15) is 151 Å². The van der Waals surface area contributed by atoms with Gasteiger partial charge in [-0.1, -0.05) is 94.1 Å². The molecule has 0 aromatic heterocycles. The molecule has 0 aliphatic heterocycles. The van der Waals surface area contributed by atoms with Crippen LogP contribution in [0.25, 0.3) is 0 Å². The molecule has 11 unspecified atom stereocenters. The largest absolute Gasteiger partial charge is 0.399 e. The van der Waals surface area contributed by atoms with Gasteiger partial charge >= 0.3 is 0 Å². The average molecular weight is 591 g/mol. The van der Waals surface area contributed by atoms with Gasteiger partial charge in [0.1, 0.15) is 0 Å². The normalized spacial score (nSPS) is 41.8. The lowest BCUT2D eigenvalue weighted by molar-refractivity contribution is -0.0826. The molecule has 43 heavy (non-hydrogen) atoms. The minimum atomic E-state index is 0.475. The number of nitrogen functional groups attached to an aromatic ring is 1. The van der Waals surface area contributed by atoms with Crippen molar-refractivity contribution in [3.63, 3.8) is 0 Å². The second kappa shape index (κ2) is 12.5. The summed E-state index contributed by atoms with van der Waals surface area (Å²) in [5, 5.41) is 3.50. The molecule has 1 aromatic carbocycles. The summed E-state index contributed by atoms with van der Waals surface area (Å²) in [6.45, 7) is 22.3. The van der Waals surface area contributed by atoms with Crippen LogP contribution >= 0.6 is 0 Å². The van der Waals surface area contributed by atoms with E-state index in [1.54, 1.807) is 5.56 Å². The second-order valence-electron chi connectivity index (χ2n) is 17.8. The first-order valence-electron chi connectivity index (χ1n) is 18.9. The molecule has 11 atom stereocenters. The number of nitrogens with two attached hydrogens (primary N) is 1. The lowest BCUT2D eigenvalue weighted by atomic mass is 9.48. The Morgan fingerprint density at radius 2 is 1.60 bits per heavy atom. The van der Waals surface area contributed by atoms with E-state index in [1.165, 1.54) is 82.7 Å². The Bertz CT molecular complexity index is 1090. The predicted octanol–water partition coefficient (Wildman–Crippen LogP) is 11.8. The van der Waals surface area contributed by atoms with Crippen LogP contribution in [-0.2, 0) is 0 Å². The van der Waals surface area contributed by atoms with E-state index >= 15 is 0 Å². The summed E-state index contributed by atoms with van der Waals surface area (Å²) in [5.41, 5.74) is 11.5. The van der Waals surface area contributed by atoms with Crippen molar-refractivity contribution < 1.29 is 0 Å². The van der Waals surface area contributed by atoms with Crippen LogP contribution in [-0.4, -0.2) is 7.05 Å². The van der Waals surface area contributed by atoms with Crippen LogP contribution in [0.2, 0.25) is 0 Å². The van der Waals surface area contributed by atoms with E-state index in [-0.39, 0.29) is 0 Å². The van der Waals surface area contributed by atoms with Gasteiger partial charge in [0.25, 0.3) is 0 Å². The molecule has 0 heterocycles. The minimum Gasteiger partial charge on any atom is -0.399 e. The maximum Gasteiger partial charge on any atom is 0.0393 e. The third-order valence-electron chi connectivity index (χ3n) is 15.2. The molecular formula is C41H70N2. The predicted molar refractivity (Wildman–Crippen MR) is 188 cm³/mol. The van der Waals surface area contributed by atoms with Crippen LogP contribution in [0.3, 0.4) is 0 Å². The number of benzene rings is 1. The summed E-state index contributed by atoms with van der Waals surface area (Å²) >= 11 is 0. The van der Waals surface area contributed by atoms with Crippen molar-refractivity contribution in [2.75, 3.05) is 18.1 Å². The van der Waals surface area contributed by atoms with E-state index in [9.17, 15) is 0 Å².